The normalized spacial score (nSPS) is 10.5. The van der Waals surface area contributed by atoms with Crippen molar-refractivity contribution < 1.29 is 9.53 Å². The minimum absolute atomic E-state index is 0.462. The van der Waals surface area contributed by atoms with E-state index < -0.39 is 5.97 Å². The lowest BCUT2D eigenvalue weighted by Crippen LogP contribution is -2.08. The summed E-state index contributed by atoms with van der Waals surface area (Å²) in [6, 6.07) is 26.1. The van der Waals surface area contributed by atoms with Crippen molar-refractivity contribution in [2.24, 2.45) is 0 Å². The summed E-state index contributed by atoms with van der Waals surface area (Å²) in [5, 5.41) is 0. The predicted octanol–water partition coefficient (Wildman–Crippen LogP) is 7.01. The van der Waals surface area contributed by atoms with Gasteiger partial charge in [-0.1, -0.05) is 66.8 Å². The highest BCUT2D eigenvalue weighted by Gasteiger charge is 2.06. The van der Waals surface area contributed by atoms with Gasteiger partial charge in [-0.15, -0.1) is 0 Å². The fourth-order valence-electron chi connectivity index (χ4n) is 2.89. The number of rotatable bonds is 7. The SMILES string of the molecule is C=CC(=O)Oc1ccc(C=Cc2ccc(N(C=C(C)C)c3ccccc3)cc2)cc1. The van der Waals surface area contributed by atoms with E-state index in [-0.39, 0.29) is 0 Å². The van der Waals surface area contributed by atoms with Crippen molar-refractivity contribution in [2.45, 2.75) is 13.8 Å². The molecule has 0 aromatic heterocycles. The van der Waals surface area contributed by atoms with Crippen LogP contribution in [0.4, 0.5) is 11.4 Å². The average Bonchev–Trinajstić information content (AvgIpc) is 2.78. The Morgan fingerprint density at radius 2 is 1.33 bits per heavy atom. The van der Waals surface area contributed by atoms with Gasteiger partial charge in [0, 0.05) is 23.7 Å². The van der Waals surface area contributed by atoms with Crippen LogP contribution in [0, 0.1) is 0 Å². The lowest BCUT2D eigenvalue weighted by molar-refractivity contribution is -0.128. The minimum atomic E-state index is -0.462. The van der Waals surface area contributed by atoms with Crippen LogP contribution in [0.15, 0.2) is 103 Å². The molecule has 0 unspecified atom stereocenters. The average molecular weight is 396 g/mol. The van der Waals surface area contributed by atoms with Crippen molar-refractivity contribution >= 4 is 29.5 Å². The van der Waals surface area contributed by atoms with E-state index in [0.717, 1.165) is 28.6 Å². The molecule has 3 aromatic rings. The first-order chi connectivity index (χ1) is 14.5. The second-order valence-corrected chi connectivity index (χ2v) is 7.03. The second-order valence-electron chi connectivity index (χ2n) is 7.03. The molecule has 0 radical (unpaired) electrons. The van der Waals surface area contributed by atoms with Gasteiger partial charge in [0.1, 0.15) is 5.75 Å². The van der Waals surface area contributed by atoms with Gasteiger partial charge in [0.25, 0.3) is 0 Å². The first-order valence-electron chi connectivity index (χ1n) is 9.77. The molecule has 0 fully saturated rings. The number of benzene rings is 3. The van der Waals surface area contributed by atoms with Gasteiger partial charge in [0.2, 0.25) is 0 Å². The Hall–Kier alpha value is -3.85. The van der Waals surface area contributed by atoms with Crippen LogP contribution in [-0.4, -0.2) is 5.97 Å². The van der Waals surface area contributed by atoms with Crippen molar-refractivity contribution in [3.05, 3.63) is 114 Å². The van der Waals surface area contributed by atoms with Gasteiger partial charge in [-0.3, -0.25) is 0 Å². The largest absolute Gasteiger partial charge is 0.423 e. The quantitative estimate of drug-likeness (QED) is 0.186. The Kier molecular flexibility index (Phi) is 7.01. The van der Waals surface area contributed by atoms with Crippen LogP contribution in [-0.2, 0) is 4.79 Å². The lowest BCUT2D eigenvalue weighted by Gasteiger charge is -2.21. The van der Waals surface area contributed by atoms with E-state index in [4.69, 9.17) is 4.74 Å². The summed E-state index contributed by atoms with van der Waals surface area (Å²) in [7, 11) is 0. The van der Waals surface area contributed by atoms with Crippen molar-refractivity contribution in [1.29, 1.82) is 0 Å². The molecule has 0 aliphatic rings. The highest BCUT2D eigenvalue weighted by molar-refractivity contribution is 5.83. The van der Waals surface area contributed by atoms with Gasteiger partial charge < -0.3 is 9.64 Å². The fourth-order valence-corrected chi connectivity index (χ4v) is 2.89. The van der Waals surface area contributed by atoms with Crippen molar-refractivity contribution in [2.75, 3.05) is 4.90 Å². The topological polar surface area (TPSA) is 29.5 Å². The number of carbonyl (C=O) groups is 1. The van der Waals surface area contributed by atoms with Gasteiger partial charge in [-0.05, 0) is 61.4 Å². The van der Waals surface area contributed by atoms with Crippen LogP contribution < -0.4 is 9.64 Å². The van der Waals surface area contributed by atoms with E-state index in [1.807, 2.05) is 36.4 Å². The van der Waals surface area contributed by atoms with Crippen LogP contribution in [0.1, 0.15) is 25.0 Å². The Morgan fingerprint density at radius 3 is 1.87 bits per heavy atom. The molecule has 30 heavy (non-hydrogen) atoms. The number of nitrogens with zero attached hydrogens (tertiary/aromatic N) is 1. The molecule has 0 saturated carbocycles. The van der Waals surface area contributed by atoms with Crippen molar-refractivity contribution in [3.8, 4) is 5.75 Å². The maximum atomic E-state index is 11.2. The molecule has 0 bridgehead atoms. The Morgan fingerprint density at radius 1 is 0.800 bits per heavy atom. The summed E-state index contributed by atoms with van der Waals surface area (Å²) >= 11 is 0. The third-order valence-corrected chi connectivity index (χ3v) is 4.33. The van der Waals surface area contributed by atoms with Gasteiger partial charge in [0.15, 0.2) is 0 Å². The van der Waals surface area contributed by atoms with Gasteiger partial charge in [-0.2, -0.15) is 0 Å². The maximum absolute atomic E-state index is 11.2. The molecule has 150 valence electrons. The fraction of sp³-hybridized carbons (Fsp3) is 0.0741. The summed E-state index contributed by atoms with van der Waals surface area (Å²) in [5.74, 6) is 0.0396. The van der Waals surface area contributed by atoms with Crippen LogP contribution in [0.2, 0.25) is 0 Å². The summed E-state index contributed by atoms with van der Waals surface area (Å²) in [6.07, 6.45) is 7.37. The summed E-state index contributed by atoms with van der Waals surface area (Å²) < 4.78 is 5.09. The molecule has 0 aliphatic carbocycles. The smallest absolute Gasteiger partial charge is 0.335 e. The number of hydrogen-bond donors (Lipinski definition) is 0. The Labute approximate surface area is 178 Å². The van der Waals surface area contributed by atoms with Gasteiger partial charge in [-0.25, -0.2) is 4.79 Å². The van der Waals surface area contributed by atoms with Crippen LogP contribution >= 0.6 is 0 Å². The summed E-state index contributed by atoms with van der Waals surface area (Å²) in [5.41, 5.74) is 5.58. The number of carbonyl (C=O) groups excluding carboxylic acids is 1. The third-order valence-electron chi connectivity index (χ3n) is 4.33. The predicted molar refractivity (Wildman–Crippen MR) is 126 cm³/mol. The zero-order valence-electron chi connectivity index (χ0n) is 17.3. The molecule has 3 nitrogen and oxygen atoms in total. The lowest BCUT2D eigenvalue weighted by atomic mass is 10.1. The zero-order chi connectivity index (χ0) is 21.3. The number of anilines is 2. The third kappa shape index (κ3) is 5.82. The molecule has 3 heteroatoms. The molecular weight excluding hydrogens is 370 g/mol. The van der Waals surface area contributed by atoms with Crippen molar-refractivity contribution in [3.63, 3.8) is 0 Å². The highest BCUT2D eigenvalue weighted by atomic mass is 16.5. The molecule has 0 heterocycles. The standard InChI is InChI=1S/C27H25NO2/c1-4-27(29)30-26-18-14-23(15-19-26)11-10-22-12-16-25(17-13-22)28(20-21(2)3)24-8-6-5-7-9-24/h4-20H,1H2,2-3H3. The molecular formula is C27H25NO2. The van der Waals surface area contributed by atoms with E-state index in [1.165, 1.54) is 5.57 Å². The Balaban J connectivity index is 1.74. The molecule has 0 aliphatic heterocycles. The van der Waals surface area contributed by atoms with Crippen LogP contribution in [0.5, 0.6) is 5.75 Å². The number of hydrogen-bond acceptors (Lipinski definition) is 3. The molecule has 0 atom stereocenters. The monoisotopic (exact) mass is 395 g/mol. The van der Waals surface area contributed by atoms with Crippen molar-refractivity contribution in [1.82, 2.24) is 0 Å². The number of esters is 1. The van der Waals surface area contributed by atoms with E-state index in [1.54, 1.807) is 12.1 Å². The summed E-state index contributed by atoms with van der Waals surface area (Å²) in [4.78, 5) is 13.4. The maximum Gasteiger partial charge on any atom is 0.335 e. The molecule has 0 N–H and O–H groups in total. The van der Waals surface area contributed by atoms with Gasteiger partial charge >= 0.3 is 5.97 Å². The number of allylic oxidation sites excluding steroid dienone is 1. The molecule has 0 spiro atoms. The van der Waals surface area contributed by atoms with E-state index >= 15 is 0 Å². The van der Waals surface area contributed by atoms with E-state index in [9.17, 15) is 4.79 Å². The minimum Gasteiger partial charge on any atom is -0.423 e. The molecule has 0 saturated heterocycles. The van der Waals surface area contributed by atoms with E-state index in [2.05, 4.69) is 74.0 Å². The highest BCUT2D eigenvalue weighted by Crippen LogP contribution is 2.27. The van der Waals surface area contributed by atoms with Gasteiger partial charge in [0.05, 0.1) is 0 Å². The van der Waals surface area contributed by atoms with Crippen LogP contribution in [0.3, 0.4) is 0 Å². The zero-order valence-corrected chi connectivity index (χ0v) is 17.3. The van der Waals surface area contributed by atoms with E-state index in [0.29, 0.717) is 5.75 Å². The summed E-state index contributed by atoms with van der Waals surface area (Å²) in [6.45, 7) is 7.58. The van der Waals surface area contributed by atoms with Crippen LogP contribution in [0.25, 0.3) is 12.2 Å². The molecule has 3 rings (SSSR count). The first-order valence-corrected chi connectivity index (χ1v) is 9.77. The first kappa shape index (κ1) is 20.9. The second kappa shape index (κ2) is 10.1. The molecule has 0 amide bonds. The number of ether oxygens (including phenoxy) is 1. The number of para-hydroxylation sites is 1. The Bertz CT molecular complexity index is 1040. The molecule has 3 aromatic carbocycles.